The van der Waals surface area contributed by atoms with Crippen LogP contribution >= 0.6 is 0 Å². The van der Waals surface area contributed by atoms with Crippen LogP contribution in [-0.2, 0) is 24.8 Å². The van der Waals surface area contributed by atoms with Gasteiger partial charge >= 0.3 is 6.18 Å². The number of nitrogens with zero attached hydrogens (tertiary/aromatic N) is 2. The van der Waals surface area contributed by atoms with Gasteiger partial charge in [-0.1, -0.05) is 19.9 Å². The number of carbonyl (C=O) groups is 1. The third kappa shape index (κ3) is 4.32. The summed E-state index contributed by atoms with van der Waals surface area (Å²) in [7, 11) is 0. The van der Waals surface area contributed by atoms with E-state index in [-0.39, 0.29) is 5.78 Å². The van der Waals surface area contributed by atoms with Crippen LogP contribution in [0, 0.1) is 0 Å². The Balaban J connectivity index is 1.54. The molecule has 1 atom stereocenters. The second-order valence-electron chi connectivity index (χ2n) is 10.5. The molecule has 0 spiro atoms. The zero-order valence-electron chi connectivity index (χ0n) is 20.4. The summed E-state index contributed by atoms with van der Waals surface area (Å²) < 4.78 is 50.8. The van der Waals surface area contributed by atoms with Gasteiger partial charge < -0.3 is 14.4 Å². The number of fused-ring (bicyclic) bond motifs is 2. The van der Waals surface area contributed by atoms with Crippen molar-refractivity contribution in [2.24, 2.45) is 0 Å². The van der Waals surface area contributed by atoms with Crippen molar-refractivity contribution in [3.05, 3.63) is 71.3 Å². The predicted molar refractivity (Wildman–Crippen MR) is 129 cm³/mol. The molecule has 2 aromatic heterocycles. The van der Waals surface area contributed by atoms with Gasteiger partial charge in [0.2, 0.25) is 0 Å². The lowest BCUT2D eigenvalue weighted by atomic mass is 9.73. The number of alkyl halides is 3. The van der Waals surface area contributed by atoms with Crippen LogP contribution in [-0.4, -0.2) is 38.8 Å². The molecule has 5 rings (SSSR count). The number of benzene rings is 1. The van der Waals surface area contributed by atoms with Gasteiger partial charge in [-0.05, 0) is 60.1 Å². The second kappa shape index (κ2) is 8.76. The Labute approximate surface area is 207 Å². The third-order valence-corrected chi connectivity index (χ3v) is 7.40. The van der Waals surface area contributed by atoms with E-state index in [9.17, 15) is 23.1 Å². The molecule has 8 heteroatoms. The number of rotatable bonds is 6. The second-order valence-corrected chi connectivity index (χ2v) is 10.5. The molecule has 0 fully saturated rings. The summed E-state index contributed by atoms with van der Waals surface area (Å²) in [6, 6.07) is 9.14. The Kier molecular flexibility index (Phi) is 5.98. The van der Waals surface area contributed by atoms with Crippen molar-refractivity contribution in [1.82, 2.24) is 9.55 Å². The van der Waals surface area contributed by atoms with Gasteiger partial charge in [-0.15, -0.1) is 0 Å². The van der Waals surface area contributed by atoms with Gasteiger partial charge in [0.05, 0.1) is 13.2 Å². The first-order valence-corrected chi connectivity index (χ1v) is 12.2. The lowest BCUT2D eigenvalue weighted by Crippen LogP contribution is -2.52. The van der Waals surface area contributed by atoms with E-state index < -0.39 is 30.2 Å². The van der Waals surface area contributed by atoms with Gasteiger partial charge in [0.15, 0.2) is 11.4 Å². The van der Waals surface area contributed by atoms with Crippen LogP contribution in [0.4, 0.5) is 13.2 Å². The molecule has 1 aliphatic heterocycles. The van der Waals surface area contributed by atoms with Gasteiger partial charge in [-0.2, -0.15) is 13.2 Å². The molecule has 3 heterocycles. The lowest BCUT2D eigenvalue weighted by molar-refractivity contribution is -0.271. The van der Waals surface area contributed by atoms with Crippen molar-refractivity contribution in [1.29, 1.82) is 0 Å². The molecule has 0 saturated carbocycles. The van der Waals surface area contributed by atoms with Crippen molar-refractivity contribution >= 4 is 5.78 Å². The first kappa shape index (κ1) is 24.6. The van der Waals surface area contributed by atoms with E-state index in [1.54, 1.807) is 32.3 Å². The largest absolute Gasteiger partial charge is 0.493 e. The van der Waals surface area contributed by atoms with Crippen molar-refractivity contribution in [2.45, 2.75) is 69.7 Å². The highest BCUT2D eigenvalue weighted by atomic mass is 19.4. The fourth-order valence-electron chi connectivity index (χ4n) is 5.60. The number of hydrogen-bond acceptors (Lipinski definition) is 4. The van der Waals surface area contributed by atoms with Crippen LogP contribution < -0.4 is 4.74 Å². The van der Waals surface area contributed by atoms with Gasteiger partial charge in [-0.25, -0.2) is 0 Å². The summed E-state index contributed by atoms with van der Waals surface area (Å²) in [5, 5.41) is 11.2. The van der Waals surface area contributed by atoms with Gasteiger partial charge in [-0.3, -0.25) is 9.78 Å². The number of ketones is 1. The molecule has 5 nitrogen and oxygen atoms in total. The zero-order valence-corrected chi connectivity index (χ0v) is 20.4. The standard InChI is InChI=1S/C28H29F3N2O3/c1-26(2,22-14-20(19-5-4-10-32-15-19)13-18-9-12-36-25(18)22)16-27(35,28(29,30)31)17-33-11-8-21-23(33)6-3-7-24(21)34/h4-5,8,10-11,13-15,35H,3,6-7,9,12,16-17H2,1-2H3. The first-order chi connectivity index (χ1) is 17.0. The number of Topliss-reactive ketones (excluding diaryl/α,β-unsaturated/α-hetero) is 1. The summed E-state index contributed by atoms with van der Waals surface area (Å²) in [6.45, 7) is 3.21. The monoisotopic (exact) mass is 498 g/mol. The molecule has 1 aromatic carbocycles. The molecule has 3 aromatic rings. The topological polar surface area (TPSA) is 64.4 Å². The Morgan fingerprint density at radius 2 is 1.92 bits per heavy atom. The molecular formula is C28H29F3N2O3. The Hall–Kier alpha value is -3.13. The average molecular weight is 499 g/mol. The maximum Gasteiger partial charge on any atom is 0.418 e. The number of aliphatic hydroxyl groups is 1. The molecule has 1 N–H and O–H groups in total. The molecule has 36 heavy (non-hydrogen) atoms. The molecule has 0 saturated heterocycles. The summed E-state index contributed by atoms with van der Waals surface area (Å²) in [4.78, 5) is 16.4. The highest BCUT2D eigenvalue weighted by Crippen LogP contribution is 2.47. The van der Waals surface area contributed by atoms with Gasteiger partial charge in [0.1, 0.15) is 5.75 Å². The van der Waals surface area contributed by atoms with Gasteiger partial charge in [0, 0.05) is 53.8 Å². The quantitative estimate of drug-likeness (QED) is 0.476. The molecule has 1 aliphatic carbocycles. The summed E-state index contributed by atoms with van der Waals surface area (Å²) in [5.41, 5.74) is 0.203. The predicted octanol–water partition coefficient (Wildman–Crippen LogP) is 5.67. The van der Waals surface area contributed by atoms with E-state index in [0.717, 1.165) is 16.7 Å². The smallest absolute Gasteiger partial charge is 0.418 e. The number of carbonyl (C=O) groups excluding carboxylic acids is 1. The SMILES string of the molecule is CC(C)(CC(O)(Cn1ccc2c1CCCC2=O)C(F)(F)F)c1cc(-c2cccnc2)cc2c1OCC2. The van der Waals surface area contributed by atoms with Crippen LogP contribution in [0.3, 0.4) is 0 Å². The molecule has 0 bridgehead atoms. The van der Waals surface area contributed by atoms with Crippen LogP contribution in [0.5, 0.6) is 5.75 Å². The number of pyridine rings is 1. The zero-order chi connectivity index (χ0) is 25.7. The summed E-state index contributed by atoms with van der Waals surface area (Å²) in [5.74, 6) is 0.534. The maximum atomic E-state index is 14.5. The van der Waals surface area contributed by atoms with E-state index in [1.165, 1.54) is 10.8 Å². The van der Waals surface area contributed by atoms with E-state index in [4.69, 9.17) is 4.74 Å². The number of halogens is 3. The molecular weight excluding hydrogens is 469 g/mol. The van der Waals surface area contributed by atoms with E-state index in [1.807, 2.05) is 24.3 Å². The fourth-order valence-corrected chi connectivity index (χ4v) is 5.60. The Morgan fingerprint density at radius 1 is 1.11 bits per heavy atom. The number of hydrogen-bond donors (Lipinski definition) is 1. The number of aromatic nitrogens is 2. The van der Waals surface area contributed by atoms with Gasteiger partial charge in [0.25, 0.3) is 0 Å². The van der Waals surface area contributed by atoms with Crippen LogP contribution in [0.15, 0.2) is 48.9 Å². The third-order valence-electron chi connectivity index (χ3n) is 7.40. The minimum atomic E-state index is -4.88. The molecule has 0 amide bonds. The van der Waals surface area contributed by atoms with Crippen molar-refractivity contribution in [2.75, 3.05) is 6.61 Å². The van der Waals surface area contributed by atoms with Crippen LogP contribution in [0.1, 0.15) is 60.3 Å². The average Bonchev–Trinajstić information content (AvgIpc) is 3.46. The Bertz CT molecular complexity index is 1300. The van der Waals surface area contributed by atoms with Crippen LogP contribution in [0.2, 0.25) is 0 Å². The van der Waals surface area contributed by atoms with Crippen molar-refractivity contribution in [3.8, 4) is 16.9 Å². The highest BCUT2D eigenvalue weighted by Gasteiger charge is 2.56. The minimum Gasteiger partial charge on any atom is -0.493 e. The molecule has 0 radical (unpaired) electrons. The maximum absolute atomic E-state index is 14.5. The van der Waals surface area contributed by atoms with E-state index >= 15 is 0 Å². The highest BCUT2D eigenvalue weighted by molar-refractivity contribution is 5.98. The summed E-state index contributed by atoms with van der Waals surface area (Å²) in [6.07, 6.45) is 1.59. The normalized spacial score (nSPS) is 17.3. The Morgan fingerprint density at radius 3 is 2.64 bits per heavy atom. The van der Waals surface area contributed by atoms with Crippen molar-refractivity contribution < 1.29 is 27.8 Å². The lowest BCUT2D eigenvalue weighted by Gasteiger charge is -2.39. The molecule has 190 valence electrons. The van der Waals surface area contributed by atoms with E-state index in [0.29, 0.717) is 54.9 Å². The minimum absolute atomic E-state index is 0.0641. The molecule has 2 aliphatic rings. The van der Waals surface area contributed by atoms with Crippen molar-refractivity contribution in [3.63, 3.8) is 0 Å². The fraction of sp³-hybridized carbons (Fsp3) is 0.429. The summed E-state index contributed by atoms with van der Waals surface area (Å²) >= 11 is 0. The molecule has 1 unspecified atom stereocenters. The van der Waals surface area contributed by atoms with Crippen LogP contribution in [0.25, 0.3) is 11.1 Å². The first-order valence-electron chi connectivity index (χ1n) is 12.2. The van der Waals surface area contributed by atoms with E-state index in [2.05, 4.69) is 4.98 Å². The number of ether oxygens (including phenoxy) is 1.